The summed E-state index contributed by atoms with van der Waals surface area (Å²) in [7, 11) is 0. The van der Waals surface area contributed by atoms with Gasteiger partial charge < -0.3 is 38.3 Å². The van der Waals surface area contributed by atoms with Crippen molar-refractivity contribution in [1.29, 1.82) is 0 Å². The first-order valence-electron chi connectivity index (χ1n) is 7.93. The summed E-state index contributed by atoms with van der Waals surface area (Å²) >= 11 is 0. The highest BCUT2D eigenvalue weighted by Crippen LogP contribution is 1.99. The van der Waals surface area contributed by atoms with E-state index in [0.717, 1.165) is 0 Å². The van der Waals surface area contributed by atoms with Gasteiger partial charge in [-0.05, 0) is 12.8 Å². The van der Waals surface area contributed by atoms with Crippen LogP contribution in [0.2, 0.25) is 0 Å². The molecule has 0 saturated heterocycles. The molecule has 0 aromatic rings. The van der Waals surface area contributed by atoms with Crippen molar-refractivity contribution >= 4 is 35.6 Å². The number of nitrogens with one attached hydrogen (secondary N) is 3. The van der Waals surface area contributed by atoms with Crippen molar-refractivity contribution in [3.63, 3.8) is 0 Å². The Kier molecular flexibility index (Phi) is 10.5. The summed E-state index contributed by atoms with van der Waals surface area (Å²) < 4.78 is 0. The fraction of sp³-hybridized carbons (Fsp3) is 0.571. The van der Waals surface area contributed by atoms with Gasteiger partial charge >= 0.3 is 5.97 Å². The number of hydrogen-bond acceptors (Lipinski definition) is 6. The third-order valence-corrected chi connectivity index (χ3v) is 3.12. The number of carbonyl (C=O) groups is 5. The minimum Gasteiger partial charge on any atom is -0.481 e. The van der Waals surface area contributed by atoms with Crippen LogP contribution in [0.4, 0.5) is 0 Å². The monoisotopic (exact) mass is 388 g/mol. The third-order valence-electron chi connectivity index (χ3n) is 3.12. The summed E-state index contributed by atoms with van der Waals surface area (Å²) in [6.07, 6.45) is -0.0775. The van der Waals surface area contributed by atoms with Gasteiger partial charge in [0.25, 0.3) is 0 Å². The van der Waals surface area contributed by atoms with Gasteiger partial charge in [-0.3, -0.25) is 29.0 Å². The molecule has 13 nitrogen and oxygen atoms in total. The highest BCUT2D eigenvalue weighted by atomic mass is 17.1. The molecule has 0 heterocycles. The smallest absolute Gasteiger partial charge is 0.305 e. The Morgan fingerprint density at radius 2 is 1.74 bits per heavy atom. The standard InChI is InChI=1S/C14H25N7O6/c1-7(22)20-8(3-2-4-18-14(16)17)13(27)19-6-10(23)21-9(12(15)26)5-11(24)25/h8-9H,2-6H2,1H3,(H2,15,26)(H,19,27)(H,20,22)(H,21,23)(H,24,25)(H4,16,17,18)/t8-,9-/m0/s1/i24+1. The summed E-state index contributed by atoms with van der Waals surface area (Å²) in [5.74, 6) is -4.34. The minimum atomic E-state index is -1.40. The average molecular weight is 388 g/mol. The Morgan fingerprint density at radius 1 is 1.11 bits per heavy atom. The molecule has 0 unspecified atom stereocenters. The van der Waals surface area contributed by atoms with Gasteiger partial charge in [0.05, 0.1) is 13.0 Å². The first-order chi connectivity index (χ1) is 12.5. The molecular formula is C14H25N7O6. The van der Waals surface area contributed by atoms with E-state index in [1.807, 2.05) is 0 Å². The number of aliphatic imine (C=N–C) groups is 1. The molecule has 0 aliphatic rings. The topological polar surface area (TPSA) is 232 Å². The third kappa shape index (κ3) is 11.7. The van der Waals surface area contributed by atoms with E-state index >= 15 is 0 Å². The zero-order chi connectivity index (χ0) is 21.0. The van der Waals surface area contributed by atoms with Gasteiger partial charge in [0.2, 0.25) is 23.6 Å². The fourth-order valence-electron chi connectivity index (χ4n) is 1.95. The van der Waals surface area contributed by atoms with Gasteiger partial charge in [0.15, 0.2) is 5.96 Å². The van der Waals surface area contributed by atoms with Crippen LogP contribution in [-0.2, 0) is 24.0 Å². The van der Waals surface area contributed by atoms with Crippen LogP contribution in [0.3, 0.4) is 0 Å². The van der Waals surface area contributed by atoms with Crippen molar-refractivity contribution in [3.8, 4) is 0 Å². The maximum Gasteiger partial charge on any atom is 0.305 e. The van der Waals surface area contributed by atoms with E-state index in [9.17, 15) is 24.0 Å². The molecule has 2 atom stereocenters. The predicted octanol–water partition coefficient (Wildman–Crippen LogP) is -3.89. The normalized spacial score (nSPS) is 12.2. The van der Waals surface area contributed by atoms with Gasteiger partial charge in [-0.2, -0.15) is 0 Å². The lowest BCUT2D eigenvalue weighted by Gasteiger charge is -2.18. The second-order valence-corrected chi connectivity index (χ2v) is 5.54. The van der Waals surface area contributed by atoms with E-state index in [1.165, 1.54) is 6.92 Å². The molecule has 10 N–H and O–H groups in total. The van der Waals surface area contributed by atoms with E-state index in [2.05, 4.69) is 20.9 Å². The molecule has 0 spiro atoms. The van der Waals surface area contributed by atoms with Crippen LogP contribution in [0.25, 0.3) is 0 Å². The molecule has 0 rings (SSSR count). The first kappa shape index (κ1) is 23.6. The van der Waals surface area contributed by atoms with Gasteiger partial charge in [0, 0.05) is 13.5 Å². The highest BCUT2D eigenvalue weighted by molar-refractivity contribution is 5.93. The number of carboxylic acid groups (broad SMARTS) is 1. The Balaban J connectivity index is 4.61. The molecule has 0 bridgehead atoms. The lowest BCUT2D eigenvalue weighted by molar-refractivity contribution is -0.140. The van der Waals surface area contributed by atoms with Gasteiger partial charge in [-0.1, -0.05) is 0 Å². The Morgan fingerprint density at radius 3 is 2.22 bits per heavy atom. The molecule has 0 fully saturated rings. The molecule has 0 aromatic heterocycles. The minimum absolute atomic E-state index is 0.0995. The van der Waals surface area contributed by atoms with Crippen molar-refractivity contribution in [2.75, 3.05) is 13.1 Å². The Bertz CT molecular complexity index is 603. The van der Waals surface area contributed by atoms with Gasteiger partial charge in [-0.15, -0.1) is 0 Å². The van der Waals surface area contributed by atoms with Crippen LogP contribution in [-0.4, -0.2) is 65.8 Å². The second kappa shape index (κ2) is 12.1. The number of nitrogens with zero attached hydrogens (tertiary/aromatic N) is 1. The zero-order valence-corrected chi connectivity index (χ0v) is 14.9. The van der Waals surface area contributed by atoms with E-state index in [-0.39, 0.29) is 18.9 Å². The summed E-state index contributed by atoms with van der Waals surface area (Å²) in [6.45, 7) is 0.945. The summed E-state index contributed by atoms with van der Waals surface area (Å²) in [5.41, 5.74) is 15.4. The molecule has 152 valence electrons. The number of primary amides is 1. The molecule has 4 amide bonds. The van der Waals surface area contributed by atoms with Crippen molar-refractivity contribution < 1.29 is 29.1 Å². The summed E-state index contributed by atoms with van der Waals surface area (Å²) in [5, 5.41) is 15.5. The predicted molar refractivity (Wildman–Crippen MR) is 93.9 cm³/mol. The van der Waals surface area contributed by atoms with Crippen molar-refractivity contribution in [3.05, 3.63) is 0 Å². The Labute approximate surface area is 155 Å². The number of rotatable bonds is 12. The van der Waals surface area contributed by atoms with Crippen LogP contribution in [0.5, 0.6) is 0 Å². The number of carbonyl (C=O) groups excluding carboxylic acids is 4. The quantitative estimate of drug-likeness (QED) is 0.0989. The van der Waals surface area contributed by atoms with E-state index in [0.29, 0.717) is 6.42 Å². The van der Waals surface area contributed by atoms with Crippen LogP contribution in [0, 0.1) is 0 Å². The number of aliphatic carboxylic acids is 1. The maximum atomic E-state index is 12.1. The van der Waals surface area contributed by atoms with Crippen LogP contribution in [0.15, 0.2) is 4.99 Å². The average Bonchev–Trinajstić information content (AvgIpc) is 2.53. The molecule has 13 heteroatoms. The molecule has 0 aliphatic heterocycles. The molecule has 0 aliphatic carbocycles. The zero-order valence-electron chi connectivity index (χ0n) is 14.9. The molecule has 27 heavy (non-hydrogen) atoms. The number of carboxylic acids is 1. The van der Waals surface area contributed by atoms with Crippen molar-refractivity contribution in [2.45, 2.75) is 38.3 Å². The van der Waals surface area contributed by atoms with Crippen molar-refractivity contribution in [1.82, 2.24) is 16.0 Å². The number of amides is 4. The molecule has 0 saturated carbocycles. The van der Waals surface area contributed by atoms with Crippen LogP contribution < -0.4 is 33.2 Å². The van der Waals surface area contributed by atoms with Gasteiger partial charge in [-0.25, -0.2) is 0 Å². The lowest BCUT2D eigenvalue weighted by Crippen LogP contribution is -2.51. The Hall–Kier alpha value is -3.38. The van der Waals surface area contributed by atoms with E-state index in [4.69, 9.17) is 22.3 Å². The highest BCUT2D eigenvalue weighted by Gasteiger charge is 2.23. The summed E-state index contributed by atoms with van der Waals surface area (Å²) in [6, 6.07) is -2.33. The molecular weight excluding hydrogens is 363 g/mol. The maximum absolute atomic E-state index is 12.1. The fourth-order valence-corrected chi connectivity index (χ4v) is 1.95. The molecule has 0 radical (unpaired) electrons. The van der Waals surface area contributed by atoms with Crippen LogP contribution >= 0.6 is 0 Å². The number of nitrogens with two attached hydrogens (primary N) is 3. The second-order valence-electron chi connectivity index (χ2n) is 5.54. The number of hydrogen-bond donors (Lipinski definition) is 7. The largest absolute Gasteiger partial charge is 0.481 e. The number of guanidine groups is 1. The summed E-state index contributed by atoms with van der Waals surface area (Å²) in [4.78, 5) is 60.6. The first-order valence-corrected chi connectivity index (χ1v) is 7.93. The lowest BCUT2D eigenvalue weighted by atomic mass is 10.1. The SMILES string of the molecule is CC(=O)N[C@@H](CCCN=C(N)N)C(=O)NCC(=O)N[C@@H](CC(O)=[17O])C(N)=O. The van der Waals surface area contributed by atoms with Gasteiger partial charge in [0.1, 0.15) is 12.1 Å². The van der Waals surface area contributed by atoms with E-state index in [1.54, 1.807) is 0 Å². The van der Waals surface area contributed by atoms with E-state index < -0.39 is 54.6 Å². The van der Waals surface area contributed by atoms with Crippen LogP contribution in [0.1, 0.15) is 26.2 Å². The van der Waals surface area contributed by atoms with Crippen molar-refractivity contribution in [2.24, 2.45) is 22.2 Å². The molecule has 0 aromatic carbocycles.